The second kappa shape index (κ2) is 5.85. The minimum atomic E-state index is 0.843. The number of aromatic amines is 1. The molecule has 5 heteroatoms. The number of aromatic nitrogens is 3. The van der Waals surface area contributed by atoms with E-state index in [1.165, 1.54) is 34.2 Å². The fraction of sp³-hybridized carbons (Fsp3) is 0.300. The lowest BCUT2D eigenvalue weighted by Gasteiger charge is -2.28. The number of aryl methyl sites for hydroxylation is 1. The van der Waals surface area contributed by atoms with Gasteiger partial charge in [0.1, 0.15) is 11.3 Å². The molecular formula is C20H20N4S. The van der Waals surface area contributed by atoms with Gasteiger partial charge in [0, 0.05) is 17.8 Å². The molecule has 0 amide bonds. The van der Waals surface area contributed by atoms with Gasteiger partial charge in [-0.15, -0.1) is 11.3 Å². The summed E-state index contributed by atoms with van der Waals surface area (Å²) in [5.41, 5.74) is 3.22. The van der Waals surface area contributed by atoms with E-state index < -0.39 is 0 Å². The van der Waals surface area contributed by atoms with Crippen molar-refractivity contribution in [2.45, 2.75) is 26.2 Å². The van der Waals surface area contributed by atoms with Crippen molar-refractivity contribution in [1.29, 1.82) is 0 Å². The van der Waals surface area contributed by atoms with Crippen molar-refractivity contribution in [1.82, 2.24) is 15.0 Å². The Hall–Kier alpha value is -2.40. The van der Waals surface area contributed by atoms with Crippen LogP contribution in [-0.4, -0.2) is 28.0 Å². The summed E-state index contributed by atoms with van der Waals surface area (Å²) >= 11 is 1.82. The van der Waals surface area contributed by atoms with Gasteiger partial charge in [0.2, 0.25) is 0 Å². The molecule has 1 fully saturated rings. The van der Waals surface area contributed by atoms with E-state index in [0.29, 0.717) is 0 Å². The zero-order chi connectivity index (χ0) is 16.8. The van der Waals surface area contributed by atoms with Gasteiger partial charge in [0.05, 0.1) is 16.1 Å². The third-order valence-corrected chi connectivity index (χ3v) is 6.07. The Morgan fingerprint density at radius 1 is 1.04 bits per heavy atom. The molecule has 1 N–H and O–H groups in total. The Morgan fingerprint density at radius 3 is 2.72 bits per heavy atom. The summed E-state index contributed by atoms with van der Waals surface area (Å²) in [5, 5.41) is 1.29. The van der Waals surface area contributed by atoms with Crippen LogP contribution in [0.1, 0.15) is 25.1 Å². The average molecular weight is 348 g/mol. The van der Waals surface area contributed by atoms with Crippen LogP contribution in [0.2, 0.25) is 0 Å². The van der Waals surface area contributed by atoms with Gasteiger partial charge in [-0.05, 0) is 49.8 Å². The predicted molar refractivity (Wildman–Crippen MR) is 106 cm³/mol. The van der Waals surface area contributed by atoms with Crippen LogP contribution >= 0.6 is 11.3 Å². The number of H-pyrrole nitrogens is 1. The van der Waals surface area contributed by atoms with Gasteiger partial charge in [0.25, 0.3) is 0 Å². The molecule has 4 heterocycles. The van der Waals surface area contributed by atoms with E-state index >= 15 is 0 Å². The number of anilines is 1. The second-order valence-electron chi connectivity index (χ2n) is 6.73. The van der Waals surface area contributed by atoms with Crippen LogP contribution in [0.5, 0.6) is 0 Å². The summed E-state index contributed by atoms with van der Waals surface area (Å²) in [7, 11) is 0. The number of nitrogens with zero attached hydrogens (tertiary/aromatic N) is 3. The summed E-state index contributed by atoms with van der Waals surface area (Å²) in [6.45, 7) is 4.16. The largest absolute Gasteiger partial charge is 0.355 e. The Kier molecular flexibility index (Phi) is 3.48. The van der Waals surface area contributed by atoms with Crippen LogP contribution in [0.4, 0.5) is 5.82 Å². The molecule has 0 bridgehead atoms. The molecular weight excluding hydrogens is 328 g/mol. The minimum absolute atomic E-state index is 0.843. The van der Waals surface area contributed by atoms with Gasteiger partial charge in [0.15, 0.2) is 5.82 Å². The SMILES string of the molecule is Cc1nc(N2CCCCC2)c2[nH]c(-c3cc4ccccc4s3)cc2n1. The normalized spacial score (nSPS) is 15.3. The Bertz CT molecular complexity index is 1020. The van der Waals surface area contributed by atoms with Gasteiger partial charge in [-0.3, -0.25) is 0 Å². The highest BCUT2D eigenvalue weighted by Crippen LogP contribution is 2.36. The summed E-state index contributed by atoms with van der Waals surface area (Å²) < 4.78 is 1.31. The van der Waals surface area contributed by atoms with Crippen molar-refractivity contribution < 1.29 is 0 Å². The van der Waals surface area contributed by atoms with Gasteiger partial charge in [-0.2, -0.15) is 0 Å². The Labute approximate surface area is 150 Å². The number of hydrogen-bond donors (Lipinski definition) is 1. The van der Waals surface area contributed by atoms with E-state index in [1.807, 2.05) is 18.3 Å². The molecule has 1 aromatic carbocycles. The lowest BCUT2D eigenvalue weighted by molar-refractivity contribution is 0.574. The van der Waals surface area contributed by atoms with Gasteiger partial charge in [-0.1, -0.05) is 18.2 Å². The van der Waals surface area contributed by atoms with Crippen molar-refractivity contribution >= 4 is 38.3 Å². The van der Waals surface area contributed by atoms with Gasteiger partial charge < -0.3 is 9.88 Å². The molecule has 0 radical (unpaired) electrons. The predicted octanol–water partition coefficient (Wildman–Crippen LogP) is 5.14. The zero-order valence-corrected chi connectivity index (χ0v) is 15.1. The van der Waals surface area contributed by atoms with Crippen LogP contribution in [0.15, 0.2) is 36.4 Å². The molecule has 4 nitrogen and oxygen atoms in total. The first-order valence-electron chi connectivity index (χ1n) is 8.89. The molecule has 3 aromatic heterocycles. The summed E-state index contributed by atoms with van der Waals surface area (Å²) in [6, 6.07) is 13.0. The lowest BCUT2D eigenvalue weighted by Crippen LogP contribution is -2.30. The van der Waals surface area contributed by atoms with E-state index in [9.17, 15) is 0 Å². The number of thiophene rings is 1. The average Bonchev–Trinajstić information content (AvgIpc) is 3.25. The highest BCUT2D eigenvalue weighted by molar-refractivity contribution is 7.22. The molecule has 1 aliphatic heterocycles. The Morgan fingerprint density at radius 2 is 1.88 bits per heavy atom. The highest BCUT2D eigenvalue weighted by atomic mass is 32.1. The maximum atomic E-state index is 4.76. The molecule has 4 aromatic rings. The number of hydrogen-bond acceptors (Lipinski definition) is 4. The summed E-state index contributed by atoms with van der Waals surface area (Å²) in [6.07, 6.45) is 3.81. The second-order valence-corrected chi connectivity index (χ2v) is 7.82. The fourth-order valence-corrected chi connectivity index (χ4v) is 4.73. The molecule has 0 aliphatic carbocycles. The summed E-state index contributed by atoms with van der Waals surface area (Å²) in [4.78, 5) is 16.7. The van der Waals surface area contributed by atoms with Crippen molar-refractivity contribution in [3.63, 3.8) is 0 Å². The van der Waals surface area contributed by atoms with E-state index in [2.05, 4.69) is 51.3 Å². The lowest BCUT2D eigenvalue weighted by atomic mass is 10.1. The minimum Gasteiger partial charge on any atom is -0.355 e. The van der Waals surface area contributed by atoms with Crippen molar-refractivity contribution in [3.05, 3.63) is 42.2 Å². The number of rotatable bonds is 2. The van der Waals surface area contributed by atoms with Crippen LogP contribution in [0.25, 0.3) is 31.7 Å². The highest BCUT2D eigenvalue weighted by Gasteiger charge is 2.19. The maximum Gasteiger partial charge on any atom is 0.156 e. The van der Waals surface area contributed by atoms with E-state index in [4.69, 9.17) is 4.98 Å². The number of benzene rings is 1. The first kappa shape index (κ1) is 14.9. The first-order chi connectivity index (χ1) is 12.3. The van der Waals surface area contributed by atoms with E-state index in [1.54, 1.807) is 0 Å². The molecule has 0 spiro atoms. The molecule has 0 saturated carbocycles. The number of fused-ring (bicyclic) bond motifs is 2. The molecule has 1 saturated heterocycles. The molecule has 1 aliphatic rings. The number of piperidine rings is 1. The van der Waals surface area contributed by atoms with Crippen molar-refractivity contribution in [2.24, 2.45) is 0 Å². The zero-order valence-electron chi connectivity index (χ0n) is 14.2. The molecule has 126 valence electrons. The van der Waals surface area contributed by atoms with Gasteiger partial charge >= 0.3 is 0 Å². The van der Waals surface area contributed by atoms with E-state index in [0.717, 1.165) is 41.5 Å². The molecule has 25 heavy (non-hydrogen) atoms. The third-order valence-electron chi connectivity index (χ3n) is 4.92. The maximum absolute atomic E-state index is 4.76. The van der Waals surface area contributed by atoms with Gasteiger partial charge in [-0.25, -0.2) is 9.97 Å². The monoisotopic (exact) mass is 348 g/mol. The Balaban J connectivity index is 1.65. The van der Waals surface area contributed by atoms with E-state index in [-0.39, 0.29) is 0 Å². The van der Waals surface area contributed by atoms with Crippen molar-refractivity contribution in [2.75, 3.05) is 18.0 Å². The quantitative estimate of drug-likeness (QED) is 0.545. The van der Waals surface area contributed by atoms with Crippen LogP contribution in [-0.2, 0) is 0 Å². The van der Waals surface area contributed by atoms with Crippen molar-refractivity contribution in [3.8, 4) is 10.6 Å². The van der Waals surface area contributed by atoms with Crippen LogP contribution < -0.4 is 4.90 Å². The summed E-state index contributed by atoms with van der Waals surface area (Å²) in [5.74, 6) is 1.91. The fourth-order valence-electron chi connectivity index (χ4n) is 3.69. The first-order valence-corrected chi connectivity index (χ1v) is 9.71. The molecule has 0 atom stereocenters. The molecule has 5 rings (SSSR count). The van der Waals surface area contributed by atoms with Crippen LogP contribution in [0, 0.1) is 6.92 Å². The third kappa shape index (κ3) is 2.59. The smallest absolute Gasteiger partial charge is 0.156 e. The topological polar surface area (TPSA) is 44.8 Å². The standard InChI is InChI=1S/C20H20N4S/c1-13-21-16-12-15(18-11-14-7-3-4-8-17(14)25-18)23-19(16)20(22-13)24-9-5-2-6-10-24/h3-4,7-8,11-12,23H,2,5-6,9-10H2,1H3. The molecule has 0 unspecified atom stereocenters. The number of nitrogens with one attached hydrogen (secondary N) is 1. The van der Waals surface area contributed by atoms with Crippen LogP contribution in [0.3, 0.4) is 0 Å².